The second-order valence-corrected chi connectivity index (χ2v) is 7.86. The molecule has 1 aromatic carbocycles. The molecule has 1 N–H and O–H groups in total. The normalized spacial score (nSPS) is 22.2. The number of rotatable bonds is 5. The van der Waals surface area contributed by atoms with Gasteiger partial charge in [-0.05, 0) is 24.3 Å². The third kappa shape index (κ3) is 4.25. The van der Waals surface area contributed by atoms with Crippen molar-refractivity contribution in [3.63, 3.8) is 0 Å². The van der Waals surface area contributed by atoms with Crippen LogP contribution >= 0.6 is 0 Å². The van der Waals surface area contributed by atoms with Gasteiger partial charge in [0.25, 0.3) is 5.56 Å². The van der Waals surface area contributed by atoms with Gasteiger partial charge in [0.05, 0.1) is 0 Å². The van der Waals surface area contributed by atoms with E-state index in [1.54, 1.807) is 0 Å². The topological polar surface area (TPSA) is 78.4 Å². The summed E-state index contributed by atoms with van der Waals surface area (Å²) in [5.74, 6) is 0.582. The number of aromatic amines is 1. The SMILES string of the molecule is O=C(CCn1ccc(=O)[nH]c1=O)N1C[C@@H]2CC[C@H](C1)N(Cc1ccccc1)C2. The standard InChI is InChI=1S/C21H26N4O3/c26-19-8-10-23(21(28)22-19)11-9-20(27)25-14-17-6-7-18(15-25)24(13-17)12-16-4-2-1-3-5-16/h1-5,8,10,17-18H,6-7,9,11-15H2,(H,22,26,28)/t17-,18-/m1/s1. The molecule has 5 rings (SSSR count). The zero-order valence-corrected chi connectivity index (χ0v) is 15.9. The Morgan fingerprint density at radius 2 is 1.86 bits per heavy atom. The van der Waals surface area contributed by atoms with Crippen molar-refractivity contribution in [1.82, 2.24) is 19.4 Å². The Morgan fingerprint density at radius 1 is 1.04 bits per heavy atom. The number of benzene rings is 1. The lowest BCUT2D eigenvalue weighted by molar-refractivity contribution is -0.131. The Balaban J connectivity index is 1.39. The number of aryl methyl sites for hydroxylation is 1. The molecular weight excluding hydrogens is 356 g/mol. The summed E-state index contributed by atoms with van der Waals surface area (Å²) in [6.45, 7) is 3.79. The van der Waals surface area contributed by atoms with Crippen LogP contribution < -0.4 is 11.2 Å². The molecule has 2 aromatic rings. The van der Waals surface area contributed by atoms with Gasteiger partial charge in [0.1, 0.15) is 0 Å². The van der Waals surface area contributed by atoms with Crippen LogP contribution in [0.5, 0.6) is 0 Å². The lowest BCUT2D eigenvalue weighted by atomic mass is 9.94. The van der Waals surface area contributed by atoms with Gasteiger partial charge in [-0.2, -0.15) is 0 Å². The molecule has 0 saturated carbocycles. The van der Waals surface area contributed by atoms with Crippen molar-refractivity contribution >= 4 is 5.91 Å². The van der Waals surface area contributed by atoms with E-state index in [2.05, 4.69) is 34.1 Å². The monoisotopic (exact) mass is 382 g/mol. The summed E-state index contributed by atoms with van der Waals surface area (Å²) in [6.07, 6.45) is 4.01. The summed E-state index contributed by atoms with van der Waals surface area (Å²) in [5.41, 5.74) is 0.422. The highest BCUT2D eigenvalue weighted by Crippen LogP contribution is 2.29. The van der Waals surface area contributed by atoms with E-state index < -0.39 is 11.2 Å². The Bertz CT molecular complexity index is 936. The largest absolute Gasteiger partial charge is 0.341 e. The Morgan fingerprint density at radius 3 is 2.64 bits per heavy atom. The van der Waals surface area contributed by atoms with Crippen LogP contribution in [0.15, 0.2) is 52.2 Å². The summed E-state index contributed by atoms with van der Waals surface area (Å²) in [5, 5.41) is 0. The Labute approximate surface area is 163 Å². The van der Waals surface area contributed by atoms with Crippen LogP contribution in [0.4, 0.5) is 0 Å². The number of carbonyl (C=O) groups is 1. The van der Waals surface area contributed by atoms with Crippen LogP contribution in [-0.2, 0) is 17.9 Å². The average molecular weight is 382 g/mol. The van der Waals surface area contributed by atoms with E-state index in [0.29, 0.717) is 12.0 Å². The maximum Gasteiger partial charge on any atom is 0.328 e. The Hall–Kier alpha value is -2.67. The van der Waals surface area contributed by atoms with Crippen molar-refractivity contribution in [2.24, 2.45) is 5.92 Å². The van der Waals surface area contributed by atoms with E-state index in [1.807, 2.05) is 11.0 Å². The molecule has 3 saturated heterocycles. The van der Waals surface area contributed by atoms with Crippen molar-refractivity contribution in [2.75, 3.05) is 19.6 Å². The molecule has 2 atom stereocenters. The van der Waals surface area contributed by atoms with Crippen molar-refractivity contribution in [1.29, 1.82) is 0 Å². The molecule has 7 heteroatoms. The van der Waals surface area contributed by atoms with Gasteiger partial charge in [0, 0.05) is 57.4 Å². The van der Waals surface area contributed by atoms with Gasteiger partial charge in [-0.25, -0.2) is 4.79 Å². The van der Waals surface area contributed by atoms with Gasteiger partial charge >= 0.3 is 5.69 Å². The fourth-order valence-electron chi connectivity index (χ4n) is 4.39. The summed E-state index contributed by atoms with van der Waals surface area (Å²) < 4.78 is 1.38. The van der Waals surface area contributed by atoms with Crippen LogP contribution in [0.3, 0.4) is 0 Å². The minimum absolute atomic E-state index is 0.0801. The smallest absolute Gasteiger partial charge is 0.328 e. The molecule has 0 radical (unpaired) electrons. The van der Waals surface area contributed by atoms with E-state index in [1.165, 1.54) is 28.8 Å². The number of piperidine rings is 1. The maximum atomic E-state index is 12.8. The number of carbonyl (C=O) groups excluding carboxylic acids is 1. The zero-order chi connectivity index (χ0) is 19.5. The molecule has 0 spiro atoms. The maximum absolute atomic E-state index is 12.8. The van der Waals surface area contributed by atoms with Gasteiger partial charge in [0.15, 0.2) is 0 Å². The minimum Gasteiger partial charge on any atom is -0.341 e. The minimum atomic E-state index is -0.467. The first kappa shape index (κ1) is 18.7. The summed E-state index contributed by atoms with van der Waals surface area (Å²) in [6, 6.07) is 12.2. The highest BCUT2D eigenvalue weighted by atomic mass is 16.2. The predicted molar refractivity (Wildman–Crippen MR) is 106 cm³/mol. The van der Waals surface area contributed by atoms with Crippen molar-refractivity contribution in [2.45, 2.75) is 38.4 Å². The van der Waals surface area contributed by atoms with Crippen LogP contribution in [0, 0.1) is 5.92 Å². The van der Waals surface area contributed by atoms with Crippen LogP contribution in [0.1, 0.15) is 24.8 Å². The fourth-order valence-corrected chi connectivity index (χ4v) is 4.39. The van der Waals surface area contributed by atoms with E-state index in [0.717, 1.165) is 32.6 Å². The first-order chi connectivity index (χ1) is 13.6. The third-order valence-corrected chi connectivity index (χ3v) is 5.87. The first-order valence-electron chi connectivity index (χ1n) is 9.94. The summed E-state index contributed by atoms with van der Waals surface area (Å²) in [4.78, 5) is 42.5. The highest BCUT2D eigenvalue weighted by molar-refractivity contribution is 5.76. The number of hydrogen-bond acceptors (Lipinski definition) is 4. The molecule has 1 amide bonds. The quantitative estimate of drug-likeness (QED) is 0.839. The molecule has 3 fully saturated rings. The number of H-pyrrole nitrogens is 1. The second kappa shape index (κ2) is 8.14. The van der Waals surface area contributed by atoms with Gasteiger partial charge in [-0.1, -0.05) is 30.3 Å². The van der Waals surface area contributed by atoms with Crippen LogP contribution in [0.2, 0.25) is 0 Å². The van der Waals surface area contributed by atoms with E-state index >= 15 is 0 Å². The Kier molecular flexibility index (Phi) is 5.43. The van der Waals surface area contributed by atoms with Crippen molar-refractivity contribution in [3.05, 3.63) is 69.0 Å². The third-order valence-electron chi connectivity index (χ3n) is 5.87. The lowest BCUT2D eigenvalue weighted by Crippen LogP contribution is -2.44. The molecule has 4 heterocycles. The van der Waals surface area contributed by atoms with E-state index in [-0.39, 0.29) is 18.9 Å². The molecule has 7 nitrogen and oxygen atoms in total. The molecular formula is C21H26N4O3. The fraction of sp³-hybridized carbons (Fsp3) is 0.476. The van der Waals surface area contributed by atoms with Gasteiger partial charge in [0.2, 0.25) is 5.91 Å². The van der Waals surface area contributed by atoms with Crippen LogP contribution in [-0.4, -0.2) is 50.9 Å². The summed E-state index contributed by atoms with van der Waals surface area (Å²) >= 11 is 0. The average Bonchev–Trinajstić information content (AvgIpc) is 3.00. The summed E-state index contributed by atoms with van der Waals surface area (Å²) in [7, 11) is 0. The number of hydrogen-bond donors (Lipinski definition) is 1. The zero-order valence-electron chi connectivity index (χ0n) is 15.9. The second-order valence-electron chi connectivity index (χ2n) is 7.86. The number of fused-ring (bicyclic) bond motifs is 4. The van der Waals surface area contributed by atoms with Gasteiger partial charge in [-0.3, -0.25) is 19.5 Å². The lowest BCUT2D eigenvalue weighted by Gasteiger charge is -2.36. The molecule has 0 aliphatic carbocycles. The molecule has 28 heavy (non-hydrogen) atoms. The van der Waals surface area contributed by atoms with Gasteiger partial charge < -0.3 is 9.47 Å². The van der Waals surface area contributed by atoms with Crippen LogP contribution in [0.25, 0.3) is 0 Å². The van der Waals surface area contributed by atoms with Crippen molar-refractivity contribution in [3.8, 4) is 0 Å². The first-order valence-corrected chi connectivity index (χ1v) is 9.94. The molecule has 3 aliphatic heterocycles. The van der Waals surface area contributed by atoms with E-state index in [4.69, 9.17) is 0 Å². The number of aromatic nitrogens is 2. The van der Waals surface area contributed by atoms with E-state index in [9.17, 15) is 14.4 Å². The molecule has 0 unspecified atom stereocenters. The number of amides is 1. The van der Waals surface area contributed by atoms with Gasteiger partial charge in [-0.15, -0.1) is 0 Å². The number of nitrogens with zero attached hydrogens (tertiary/aromatic N) is 3. The number of nitrogens with one attached hydrogen (secondary N) is 1. The molecule has 2 bridgehead atoms. The molecule has 1 aromatic heterocycles. The predicted octanol–water partition coefficient (Wildman–Crippen LogP) is 1.05. The highest BCUT2D eigenvalue weighted by Gasteiger charge is 2.36. The molecule has 3 aliphatic rings. The van der Waals surface area contributed by atoms with Crippen molar-refractivity contribution < 1.29 is 4.79 Å². The molecule has 148 valence electrons.